The lowest BCUT2D eigenvalue weighted by atomic mass is 9.93. The minimum atomic E-state index is 0.525. The zero-order chi connectivity index (χ0) is 14.5. The van der Waals surface area contributed by atoms with Gasteiger partial charge in [-0.25, -0.2) is 0 Å². The van der Waals surface area contributed by atoms with Crippen LogP contribution in [0.15, 0.2) is 40.2 Å². The zero-order valence-corrected chi connectivity index (χ0v) is 14.7. The highest BCUT2D eigenvalue weighted by molar-refractivity contribution is 9.10. The van der Waals surface area contributed by atoms with E-state index in [0.717, 1.165) is 13.0 Å². The van der Waals surface area contributed by atoms with Gasteiger partial charge >= 0.3 is 0 Å². The summed E-state index contributed by atoms with van der Waals surface area (Å²) in [6, 6.07) is 11.7. The fourth-order valence-electron chi connectivity index (χ4n) is 2.31. The maximum atomic E-state index is 3.58. The molecule has 20 heavy (non-hydrogen) atoms. The number of thiophene rings is 1. The molecule has 2 rings (SSSR count). The van der Waals surface area contributed by atoms with Crippen molar-refractivity contribution < 1.29 is 0 Å². The van der Waals surface area contributed by atoms with Crippen LogP contribution in [-0.4, -0.2) is 12.6 Å². The topological polar surface area (TPSA) is 12.0 Å². The summed E-state index contributed by atoms with van der Waals surface area (Å²) in [6.07, 6.45) is 1.10. The Morgan fingerprint density at radius 2 is 2.05 bits per heavy atom. The first-order chi connectivity index (χ1) is 9.54. The molecule has 3 heteroatoms. The van der Waals surface area contributed by atoms with Crippen molar-refractivity contribution in [2.75, 3.05) is 6.54 Å². The van der Waals surface area contributed by atoms with E-state index in [1.54, 1.807) is 0 Å². The molecule has 0 bridgehead atoms. The van der Waals surface area contributed by atoms with E-state index in [-0.39, 0.29) is 0 Å². The van der Waals surface area contributed by atoms with E-state index < -0.39 is 0 Å². The minimum absolute atomic E-state index is 0.525. The second-order valence-corrected chi connectivity index (χ2v) is 7.52. The molecule has 1 N–H and O–H groups in total. The molecule has 0 spiro atoms. The number of aryl methyl sites for hydroxylation is 1. The van der Waals surface area contributed by atoms with Crippen molar-refractivity contribution in [1.29, 1.82) is 0 Å². The van der Waals surface area contributed by atoms with E-state index in [4.69, 9.17) is 0 Å². The predicted octanol–water partition coefficient (Wildman–Crippen LogP) is 5.14. The average molecular weight is 352 g/mol. The summed E-state index contributed by atoms with van der Waals surface area (Å²) in [5, 5.41) is 5.75. The summed E-state index contributed by atoms with van der Waals surface area (Å²) < 4.78 is 1.19. The van der Waals surface area contributed by atoms with Gasteiger partial charge in [-0.15, -0.1) is 11.3 Å². The molecule has 0 aliphatic carbocycles. The van der Waals surface area contributed by atoms with Gasteiger partial charge in [0.05, 0.1) is 0 Å². The van der Waals surface area contributed by atoms with Crippen LogP contribution in [-0.2, 0) is 6.42 Å². The minimum Gasteiger partial charge on any atom is -0.314 e. The first-order valence-electron chi connectivity index (χ1n) is 7.07. The average Bonchev–Trinajstić information content (AvgIpc) is 2.80. The Kier molecular flexibility index (Phi) is 5.82. The maximum absolute atomic E-state index is 3.58. The second-order valence-electron chi connectivity index (χ2n) is 5.61. The van der Waals surface area contributed by atoms with Crippen LogP contribution in [0, 0.1) is 6.92 Å². The third-order valence-corrected chi connectivity index (χ3v) is 5.08. The largest absolute Gasteiger partial charge is 0.314 e. The molecule has 0 radical (unpaired) electrons. The summed E-state index contributed by atoms with van der Waals surface area (Å²) in [7, 11) is 0. The van der Waals surface area contributed by atoms with E-state index in [9.17, 15) is 0 Å². The molecule has 0 fully saturated rings. The normalized spacial score (nSPS) is 12.8. The second kappa shape index (κ2) is 7.39. The van der Waals surface area contributed by atoms with Crippen molar-refractivity contribution in [1.82, 2.24) is 5.32 Å². The molecule has 0 saturated carbocycles. The Hall–Kier alpha value is -0.640. The van der Waals surface area contributed by atoms with E-state index >= 15 is 0 Å². The zero-order valence-electron chi connectivity index (χ0n) is 12.3. The molecule has 1 aromatic carbocycles. The third kappa shape index (κ3) is 4.72. The van der Waals surface area contributed by atoms with Gasteiger partial charge in [-0.05, 0) is 40.9 Å². The van der Waals surface area contributed by atoms with Gasteiger partial charge in [0.2, 0.25) is 0 Å². The monoisotopic (exact) mass is 351 g/mol. The van der Waals surface area contributed by atoms with E-state index in [2.05, 4.69) is 77.7 Å². The summed E-state index contributed by atoms with van der Waals surface area (Å²) in [5.74, 6) is 0.530. The lowest BCUT2D eigenvalue weighted by Crippen LogP contribution is -2.28. The SMILES string of the molecule is Cc1cccc(C(CNC(C)C)Cc2cc(Br)cs2)c1. The van der Waals surface area contributed by atoms with Crippen molar-refractivity contribution >= 4 is 27.3 Å². The predicted molar refractivity (Wildman–Crippen MR) is 92.8 cm³/mol. The van der Waals surface area contributed by atoms with Crippen LogP contribution in [0.4, 0.5) is 0 Å². The van der Waals surface area contributed by atoms with Gasteiger partial charge in [-0.2, -0.15) is 0 Å². The maximum Gasteiger partial charge on any atom is 0.0285 e. The van der Waals surface area contributed by atoms with E-state index in [1.165, 1.54) is 20.5 Å². The molecule has 1 aromatic heterocycles. The number of benzene rings is 1. The number of hydrogen-bond donors (Lipinski definition) is 1. The molecule has 1 atom stereocenters. The molecule has 0 aliphatic rings. The van der Waals surface area contributed by atoms with Crippen molar-refractivity contribution in [3.05, 3.63) is 56.2 Å². The number of nitrogens with one attached hydrogen (secondary N) is 1. The highest BCUT2D eigenvalue weighted by Gasteiger charge is 2.14. The van der Waals surface area contributed by atoms with Crippen LogP contribution >= 0.6 is 27.3 Å². The van der Waals surface area contributed by atoms with Crippen molar-refractivity contribution in [2.45, 2.75) is 39.2 Å². The smallest absolute Gasteiger partial charge is 0.0285 e. The lowest BCUT2D eigenvalue weighted by molar-refractivity contribution is 0.528. The molecule has 1 unspecified atom stereocenters. The van der Waals surface area contributed by atoms with Gasteiger partial charge in [-0.3, -0.25) is 0 Å². The van der Waals surface area contributed by atoms with Crippen LogP contribution in [0.3, 0.4) is 0 Å². The summed E-state index contributed by atoms with van der Waals surface area (Å²) >= 11 is 5.38. The van der Waals surface area contributed by atoms with Gasteiger partial charge in [-0.1, -0.05) is 43.7 Å². The summed E-state index contributed by atoms with van der Waals surface area (Å²) in [6.45, 7) is 7.60. The summed E-state index contributed by atoms with van der Waals surface area (Å²) in [5.41, 5.74) is 2.77. The highest BCUT2D eigenvalue weighted by atomic mass is 79.9. The van der Waals surface area contributed by atoms with Gasteiger partial charge in [0, 0.05) is 33.2 Å². The van der Waals surface area contributed by atoms with Gasteiger partial charge in [0.1, 0.15) is 0 Å². The molecule has 1 nitrogen and oxygen atoms in total. The first-order valence-corrected chi connectivity index (χ1v) is 8.74. The molecule has 0 saturated heterocycles. The Labute approximate surface area is 134 Å². The van der Waals surface area contributed by atoms with Crippen LogP contribution in [0.5, 0.6) is 0 Å². The van der Waals surface area contributed by atoms with E-state index in [1.807, 2.05) is 11.3 Å². The van der Waals surface area contributed by atoms with Crippen LogP contribution in [0.25, 0.3) is 0 Å². The fraction of sp³-hybridized carbons (Fsp3) is 0.412. The molecule has 2 aromatic rings. The molecule has 1 heterocycles. The highest BCUT2D eigenvalue weighted by Crippen LogP contribution is 2.27. The molecule has 108 valence electrons. The Balaban J connectivity index is 2.15. The van der Waals surface area contributed by atoms with Crippen LogP contribution in [0.2, 0.25) is 0 Å². The van der Waals surface area contributed by atoms with Gasteiger partial charge in [0.15, 0.2) is 0 Å². The Bertz CT molecular complexity index is 547. The molecule has 0 amide bonds. The number of hydrogen-bond acceptors (Lipinski definition) is 2. The van der Waals surface area contributed by atoms with Crippen molar-refractivity contribution in [2.24, 2.45) is 0 Å². The molecular formula is C17H22BrNS. The quantitative estimate of drug-likeness (QED) is 0.759. The third-order valence-electron chi connectivity index (χ3n) is 3.36. The number of rotatable bonds is 6. The Morgan fingerprint density at radius 3 is 2.65 bits per heavy atom. The number of halogens is 1. The standard InChI is InChI=1S/C17H22BrNS/c1-12(2)19-10-15(8-17-9-16(18)11-20-17)14-6-4-5-13(3)7-14/h4-7,9,11-12,15,19H,8,10H2,1-3H3. The van der Waals surface area contributed by atoms with Gasteiger partial charge < -0.3 is 5.32 Å². The summed E-state index contributed by atoms with van der Waals surface area (Å²) in [4.78, 5) is 1.44. The van der Waals surface area contributed by atoms with Crippen molar-refractivity contribution in [3.63, 3.8) is 0 Å². The molecular weight excluding hydrogens is 330 g/mol. The first kappa shape index (κ1) is 15.7. The fourth-order valence-corrected chi connectivity index (χ4v) is 3.85. The Morgan fingerprint density at radius 1 is 1.25 bits per heavy atom. The van der Waals surface area contributed by atoms with Crippen LogP contribution in [0.1, 0.15) is 35.8 Å². The van der Waals surface area contributed by atoms with Crippen LogP contribution < -0.4 is 5.32 Å². The lowest BCUT2D eigenvalue weighted by Gasteiger charge is -2.19. The van der Waals surface area contributed by atoms with E-state index in [0.29, 0.717) is 12.0 Å². The van der Waals surface area contributed by atoms with Gasteiger partial charge in [0.25, 0.3) is 0 Å². The molecule has 0 aliphatic heterocycles. The van der Waals surface area contributed by atoms with Crippen molar-refractivity contribution in [3.8, 4) is 0 Å².